The summed E-state index contributed by atoms with van der Waals surface area (Å²) in [5, 5.41) is 0. The van der Waals surface area contributed by atoms with Gasteiger partial charge in [0.1, 0.15) is 0 Å². The first-order valence-electron chi connectivity index (χ1n) is 7.45. The van der Waals surface area contributed by atoms with Crippen LogP contribution in [0, 0.1) is 0 Å². The van der Waals surface area contributed by atoms with Crippen molar-refractivity contribution in [2.24, 2.45) is 5.73 Å². The number of carbonyl (C=O) groups is 1. The van der Waals surface area contributed by atoms with Crippen LogP contribution < -0.4 is 5.73 Å². The van der Waals surface area contributed by atoms with Gasteiger partial charge in [-0.25, -0.2) is 12.7 Å². The van der Waals surface area contributed by atoms with Gasteiger partial charge in [0.05, 0.1) is 5.75 Å². The van der Waals surface area contributed by atoms with Crippen LogP contribution in [0.4, 0.5) is 0 Å². The highest BCUT2D eigenvalue weighted by atomic mass is 35.5. The summed E-state index contributed by atoms with van der Waals surface area (Å²) in [7, 11) is -3.11. The molecule has 2 fully saturated rings. The van der Waals surface area contributed by atoms with Gasteiger partial charge < -0.3 is 10.6 Å². The fourth-order valence-electron chi connectivity index (χ4n) is 3.12. The highest BCUT2D eigenvalue weighted by molar-refractivity contribution is 7.89. The minimum atomic E-state index is -3.11. The van der Waals surface area contributed by atoms with E-state index in [4.69, 9.17) is 5.73 Å². The maximum Gasteiger partial charge on any atom is 0.224 e. The Morgan fingerprint density at radius 3 is 2.57 bits per heavy atom. The summed E-state index contributed by atoms with van der Waals surface area (Å²) in [6, 6.07) is 0.0706. The predicted octanol–water partition coefficient (Wildman–Crippen LogP) is 0.562. The van der Waals surface area contributed by atoms with E-state index in [9.17, 15) is 13.2 Å². The van der Waals surface area contributed by atoms with Crippen molar-refractivity contribution in [2.45, 2.75) is 51.1 Å². The minimum absolute atomic E-state index is 0. The molecule has 21 heavy (non-hydrogen) atoms. The number of nitrogens with two attached hydrogens (primary N) is 1. The fraction of sp³-hybridized carbons (Fsp3) is 0.923. The molecule has 2 aliphatic rings. The molecule has 6 nitrogen and oxygen atoms in total. The largest absolute Gasteiger partial charge is 0.338 e. The lowest BCUT2D eigenvalue weighted by molar-refractivity contribution is -0.135. The molecule has 0 saturated carbocycles. The average molecular weight is 340 g/mol. The van der Waals surface area contributed by atoms with E-state index < -0.39 is 10.0 Å². The predicted molar refractivity (Wildman–Crippen MR) is 84.8 cm³/mol. The van der Waals surface area contributed by atoms with Crippen molar-refractivity contribution in [1.29, 1.82) is 0 Å². The van der Waals surface area contributed by atoms with Gasteiger partial charge in [0.25, 0.3) is 0 Å². The van der Waals surface area contributed by atoms with Crippen LogP contribution in [-0.2, 0) is 14.8 Å². The molecule has 8 heteroatoms. The number of piperidine rings is 1. The van der Waals surface area contributed by atoms with Gasteiger partial charge in [-0.3, -0.25) is 4.79 Å². The number of amides is 1. The second kappa shape index (κ2) is 7.76. The molecule has 0 aliphatic carbocycles. The number of carbonyl (C=O) groups excluding carboxylic acids is 1. The van der Waals surface area contributed by atoms with E-state index in [0.717, 1.165) is 25.8 Å². The van der Waals surface area contributed by atoms with Crippen molar-refractivity contribution >= 4 is 28.3 Å². The SMILES string of the molecule is CC(N)C1CCCCN1C(=O)CCN1CCCS1(=O)=O.Cl. The van der Waals surface area contributed by atoms with Crippen molar-refractivity contribution in [1.82, 2.24) is 9.21 Å². The van der Waals surface area contributed by atoms with Crippen molar-refractivity contribution < 1.29 is 13.2 Å². The molecule has 2 atom stereocenters. The Hall–Kier alpha value is -0.370. The summed E-state index contributed by atoms with van der Waals surface area (Å²) in [5.41, 5.74) is 5.96. The van der Waals surface area contributed by atoms with Crippen LogP contribution in [0.1, 0.15) is 39.0 Å². The number of likely N-dealkylation sites (tertiary alicyclic amines) is 1. The van der Waals surface area contributed by atoms with Crippen LogP contribution >= 0.6 is 12.4 Å². The zero-order chi connectivity index (χ0) is 14.8. The molecule has 0 aromatic rings. The molecule has 2 rings (SSSR count). The van der Waals surface area contributed by atoms with E-state index in [0.29, 0.717) is 19.5 Å². The highest BCUT2D eigenvalue weighted by Gasteiger charge is 2.32. The van der Waals surface area contributed by atoms with E-state index in [1.54, 1.807) is 0 Å². The molecular weight excluding hydrogens is 314 g/mol. The number of hydrogen-bond donors (Lipinski definition) is 1. The van der Waals surface area contributed by atoms with Gasteiger partial charge in [-0.2, -0.15) is 0 Å². The summed E-state index contributed by atoms with van der Waals surface area (Å²) in [6.07, 6.45) is 4.00. The number of halogens is 1. The summed E-state index contributed by atoms with van der Waals surface area (Å²) < 4.78 is 24.8. The van der Waals surface area contributed by atoms with Gasteiger partial charge >= 0.3 is 0 Å². The van der Waals surface area contributed by atoms with Crippen LogP contribution in [0.15, 0.2) is 0 Å². The van der Waals surface area contributed by atoms with E-state index >= 15 is 0 Å². The average Bonchev–Trinajstić information content (AvgIpc) is 2.75. The summed E-state index contributed by atoms with van der Waals surface area (Å²) in [4.78, 5) is 14.2. The first-order chi connectivity index (χ1) is 9.42. The summed E-state index contributed by atoms with van der Waals surface area (Å²) in [5.74, 6) is 0.252. The van der Waals surface area contributed by atoms with Crippen molar-refractivity contribution in [3.05, 3.63) is 0 Å². The van der Waals surface area contributed by atoms with Gasteiger partial charge in [-0.1, -0.05) is 0 Å². The lowest BCUT2D eigenvalue weighted by Crippen LogP contribution is -2.52. The van der Waals surface area contributed by atoms with Crippen molar-refractivity contribution in [2.75, 3.05) is 25.4 Å². The van der Waals surface area contributed by atoms with E-state index in [2.05, 4.69) is 0 Å². The Balaban J connectivity index is 0.00000220. The third-order valence-electron chi connectivity index (χ3n) is 4.25. The molecule has 0 aromatic heterocycles. The molecule has 0 bridgehead atoms. The van der Waals surface area contributed by atoms with Gasteiger partial charge in [-0.05, 0) is 32.6 Å². The molecule has 2 heterocycles. The molecule has 2 N–H and O–H groups in total. The van der Waals surface area contributed by atoms with E-state index in [1.165, 1.54) is 4.31 Å². The van der Waals surface area contributed by atoms with Crippen LogP contribution in [0.2, 0.25) is 0 Å². The van der Waals surface area contributed by atoms with Crippen molar-refractivity contribution in [3.8, 4) is 0 Å². The molecule has 124 valence electrons. The molecule has 0 radical (unpaired) electrons. The zero-order valence-corrected chi connectivity index (χ0v) is 14.2. The maximum absolute atomic E-state index is 12.3. The van der Waals surface area contributed by atoms with Gasteiger partial charge in [-0.15, -0.1) is 12.4 Å². The third-order valence-corrected chi connectivity index (χ3v) is 6.21. The molecular formula is C13H26ClN3O3S. The molecule has 2 unspecified atom stereocenters. The van der Waals surface area contributed by atoms with Gasteiger partial charge in [0.15, 0.2) is 0 Å². The van der Waals surface area contributed by atoms with E-state index in [1.807, 2.05) is 11.8 Å². The fourth-order valence-corrected chi connectivity index (χ4v) is 4.65. The number of rotatable bonds is 4. The Morgan fingerprint density at radius 1 is 1.29 bits per heavy atom. The lowest BCUT2D eigenvalue weighted by atomic mass is 9.96. The molecule has 0 aromatic carbocycles. The monoisotopic (exact) mass is 339 g/mol. The Bertz CT molecular complexity index is 456. The smallest absolute Gasteiger partial charge is 0.224 e. The Morgan fingerprint density at radius 2 is 2.00 bits per heavy atom. The lowest BCUT2D eigenvalue weighted by Gasteiger charge is -2.38. The minimum Gasteiger partial charge on any atom is -0.338 e. The quantitative estimate of drug-likeness (QED) is 0.811. The Labute approximate surface area is 133 Å². The highest BCUT2D eigenvalue weighted by Crippen LogP contribution is 2.21. The number of hydrogen-bond acceptors (Lipinski definition) is 4. The van der Waals surface area contributed by atoms with Gasteiger partial charge in [0.2, 0.25) is 15.9 Å². The van der Waals surface area contributed by atoms with E-state index in [-0.39, 0.29) is 42.6 Å². The topological polar surface area (TPSA) is 83.7 Å². The Kier molecular flexibility index (Phi) is 6.90. The molecule has 0 spiro atoms. The number of nitrogens with zero attached hydrogens (tertiary/aromatic N) is 2. The number of sulfonamides is 1. The molecule has 2 saturated heterocycles. The van der Waals surface area contributed by atoms with Crippen LogP contribution in [0.25, 0.3) is 0 Å². The first kappa shape index (κ1) is 18.7. The van der Waals surface area contributed by atoms with Crippen molar-refractivity contribution in [3.63, 3.8) is 0 Å². The molecule has 1 amide bonds. The summed E-state index contributed by atoms with van der Waals surface area (Å²) in [6.45, 7) is 3.54. The second-order valence-corrected chi connectivity index (χ2v) is 7.92. The van der Waals surface area contributed by atoms with Crippen LogP contribution in [-0.4, -0.2) is 61.0 Å². The molecule has 2 aliphatic heterocycles. The first-order valence-corrected chi connectivity index (χ1v) is 9.05. The normalized spacial score (nSPS) is 27.1. The zero-order valence-electron chi connectivity index (χ0n) is 12.5. The standard InChI is InChI=1S/C13H25N3O3S.ClH/c1-11(14)12-5-2-3-8-16(12)13(17)6-9-15-7-4-10-20(15,18)19;/h11-12H,2-10,14H2,1H3;1H. The van der Waals surface area contributed by atoms with Gasteiger partial charge in [0, 0.05) is 38.1 Å². The van der Waals surface area contributed by atoms with Crippen LogP contribution in [0.3, 0.4) is 0 Å². The van der Waals surface area contributed by atoms with Crippen LogP contribution in [0.5, 0.6) is 0 Å². The second-order valence-electron chi connectivity index (χ2n) is 5.83. The third kappa shape index (κ3) is 4.55. The maximum atomic E-state index is 12.3. The summed E-state index contributed by atoms with van der Waals surface area (Å²) >= 11 is 0.